The molecule has 27 heavy (non-hydrogen) atoms. The number of amides is 1. The first-order valence-electron chi connectivity index (χ1n) is 9.04. The summed E-state index contributed by atoms with van der Waals surface area (Å²) in [6.07, 6.45) is 1.19. The Bertz CT molecular complexity index is 707. The minimum atomic E-state index is -0.432. The van der Waals surface area contributed by atoms with Crippen molar-refractivity contribution in [2.75, 3.05) is 27.4 Å². The number of carbonyl (C=O) groups is 1. The quantitative estimate of drug-likeness (QED) is 0.561. The predicted molar refractivity (Wildman–Crippen MR) is 105 cm³/mol. The number of benzene rings is 2. The molecule has 2 rings (SSSR count). The van der Waals surface area contributed by atoms with Gasteiger partial charge in [-0.2, -0.15) is 0 Å². The van der Waals surface area contributed by atoms with Gasteiger partial charge in [-0.3, -0.25) is 4.79 Å². The molecule has 1 amide bonds. The number of hydrogen-bond acceptors (Lipinski definition) is 5. The van der Waals surface area contributed by atoms with Gasteiger partial charge in [-0.05, 0) is 42.6 Å². The van der Waals surface area contributed by atoms with Crippen LogP contribution in [0.5, 0.6) is 11.5 Å². The van der Waals surface area contributed by atoms with E-state index in [0.29, 0.717) is 31.0 Å². The maximum Gasteiger partial charge on any atom is 0.237 e. The maximum absolute atomic E-state index is 12.5. The highest BCUT2D eigenvalue weighted by Gasteiger charge is 2.17. The van der Waals surface area contributed by atoms with Gasteiger partial charge < -0.3 is 25.2 Å². The smallest absolute Gasteiger partial charge is 0.237 e. The molecule has 0 spiro atoms. The van der Waals surface area contributed by atoms with Gasteiger partial charge >= 0.3 is 0 Å². The van der Waals surface area contributed by atoms with Gasteiger partial charge in [0.1, 0.15) is 0 Å². The van der Waals surface area contributed by atoms with Gasteiger partial charge in [-0.15, -0.1) is 0 Å². The van der Waals surface area contributed by atoms with Gasteiger partial charge in [0.15, 0.2) is 11.5 Å². The average Bonchev–Trinajstić information content (AvgIpc) is 2.71. The third kappa shape index (κ3) is 6.58. The number of methoxy groups -OCH3 is 2. The zero-order chi connectivity index (χ0) is 19.5. The summed E-state index contributed by atoms with van der Waals surface area (Å²) in [6, 6.07) is 15.2. The molecule has 0 radical (unpaired) electrons. The second-order valence-corrected chi connectivity index (χ2v) is 6.16. The molecule has 1 atom stereocenters. The summed E-state index contributed by atoms with van der Waals surface area (Å²) < 4.78 is 10.5. The van der Waals surface area contributed by atoms with Crippen molar-refractivity contribution in [3.8, 4) is 11.5 Å². The van der Waals surface area contributed by atoms with Crippen molar-refractivity contribution in [2.24, 2.45) is 0 Å². The minimum absolute atomic E-state index is 0.0488. The van der Waals surface area contributed by atoms with Gasteiger partial charge in [0, 0.05) is 13.2 Å². The van der Waals surface area contributed by atoms with E-state index in [1.54, 1.807) is 14.2 Å². The molecule has 0 aliphatic carbocycles. The van der Waals surface area contributed by atoms with Crippen LogP contribution in [0.4, 0.5) is 0 Å². The number of hydrogen-bond donors (Lipinski definition) is 3. The lowest BCUT2D eigenvalue weighted by Gasteiger charge is -2.18. The van der Waals surface area contributed by atoms with Crippen molar-refractivity contribution >= 4 is 5.91 Å². The van der Waals surface area contributed by atoms with Crippen LogP contribution in [0.1, 0.15) is 17.5 Å². The zero-order valence-corrected chi connectivity index (χ0v) is 15.9. The number of nitrogens with one attached hydrogen (secondary N) is 2. The minimum Gasteiger partial charge on any atom is -0.493 e. The first kappa shape index (κ1) is 20.7. The van der Waals surface area contributed by atoms with E-state index in [4.69, 9.17) is 9.47 Å². The van der Waals surface area contributed by atoms with Gasteiger partial charge in [0.05, 0.1) is 20.3 Å². The average molecular weight is 372 g/mol. The molecule has 0 bridgehead atoms. The van der Waals surface area contributed by atoms with E-state index in [1.807, 2.05) is 36.4 Å². The Morgan fingerprint density at radius 3 is 2.44 bits per heavy atom. The van der Waals surface area contributed by atoms with Crippen LogP contribution in [-0.2, 0) is 17.8 Å². The van der Waals surface area contributed by atoms with E-state index < -0.39 is 6.04 Å². The lowest BCUT2D eigenvalue weighted by Crippen LogP contribution is -2.45. The number of aliphatic hydroxyl groups is 1. The van der Waals surface area contributed by atoms with Crippen LogP contribution in [0.3, 0.4) is 0 Å². The number of carbonyl (C=O) groups excluding carboxylic acids is 1. The molecule has 0 saturated carbocycles. The monoisotopic (exact) mass is 372 g/mol. The van der Waals surface area contributed by atoms with Crippen LogP contribution in [-0.4, -0.2) is 44.4 Å². The molecule has 146 valence electrons. The molecule has 0 aliphatic heterocycles. The topological polar surface area (TPSA) is 79.8 Å². The maximum atomic E-state index is 12.5. The molecule has 6 heteroatoms. The standard InChI is InChI=1S/C21H28N2O4/c1-26-19-9-8-17(14-20(19)27-2)15-23-21(25)18(11-13-24)22-12-10-16-6-4-3-5-7-16/h3-9,14,18,22,24H,10-13,15H2,1-2H3,(H,23,25). The van der Waals surface area contributed by atoms with Gasteiger partial charge in [-0.1, -0.05) is 36.4 Å². The van der Waals surface area contributed by atoms with E-state index in [1.165, 1.54) is 5.56 Å². The summed E-state index contributed by atoms with van der Waals surface area (Å²) in [5, 5.41) is 15.4. The molecular formula is C21H28N2O4. The molecule has 0 aliphatic rings. The fourth-order valence-electron chi connectivity index (χ4n) is 2.79. The summed E-state index contributed by atoms with van der Waals surface area (Å²) in [5.41, 5.74) is 2.12. The SMILES string of the molecule is COc1ccc(CNC(=O)C(CCO)NCCc2ccccc2)cc1OC. The Labute approximate surface area is 160 Å². The van der Waals surface area contributed by atoms with E-state index in [9.17, 15) is 9.90 Å². The van der Waals surface area contributed by atoms with Crippen LogP contribution in [0.25, 0.3) is 0 Å². The molecule has 1 unspecified atom stereocenters. The van der Waals surface area contributed by atoms with E-state index in [-0.39, 0.29) is 12.5 Å². The predicted octanol–water partition coefficient (Wildman–Crippen LogP) is 1.90. The van der Waals surface area contributed by atoms with Crippen molar-refractivity contribution in [3.63, 3.8) is 0 Å². The normalized spacial score (nSPS) is 11.7. The Morgan fingerprint density at radius 2 is 1.78 bits per heavy atom. The molecule has 0 heterocycles. The molecule has 0 aromatic heterocycles. The van der Waals surface area contributed by atoms with Crippen LogP contribution in [0.2, 0.25) is 0 Å². The lowest BCUT2D eigenvalue weighted by atomic mass is 10.1. The largest absolute Gasteiger partial charge is 0.493 e. The van der Waals surface area contributed by atoms with Crippen molar-refractivity contribution < 1.29 is 19.4 Å². The fraction of sp³-hybridized carbons (Fsp3) is 0.381. The first-order chi connectivity index (χ1) is 13.2. The fourth-order valence-corrected chi connectivity index (χ4v) is 2.79. The van der Waals surface area contributed by atoms with Crippen LogP contribution < -0.4 is 20.1 Å². The van der Waals surface area contributed by atoms with Gasteiger partial charge in [0.25, 0.3) is 0 Å². The Morgan fingerprint density at radius 1 is 1.04 bits per heavy atom. The molecule has 2 aromatic rings. The third-order valence-electron chi connectivity index (χ3n) is 4.30. The third-order valence-corrected chi connectivity index (χ3v) is 4.30. The second kappa shape index (κ2) is 11.2. The molecule has 0 saturated heterocycles. The van der Waals surface area contributed by atoms with E-state index in [2.05, 4.69) is 22.8 Å². The van der Waals surface area contributed by atoms with Gasteiger partial charge in [-0.25, -0.2) is 0 Å². The van der Waals surface area contributed by atoms with Crippen molar-refractivity contribution in [2.45, 2.75) is 25.4 Å². The Hall–Kier alpha value is -2.57. The van der Waals surface area contributed by atoms with Crippen LogP contribution in [0, 0.1) is 0 Å². The van der Waals surface area contributed by atoms with Crippen molar-refractivity contribution in [1.29, 1.82) is 0 Å². The number of ether oxygens (including phenoxy) is 2. The number of rotatable bonds is 11. The molecule has 6 nitrogen and oxygen atoms in total. The summed E-state index contributed by atoms with van der Waals surface area (Å²) in [4.78, 5) is 12.5. The molecule has 2 aromatic carbocycles. The van der Waals surface area contributed by atoms with E-state index >= 15 is 0 Å². The summed E-state index contributed by atoms with van der Waals surface area (Å²) in [7, 11) is 3.16. The van der Waals surface area contributed by atoms with Crippen molar-refractivity contribution in [1.82, 2.24) is 10.6 Å². The molecular weight excluding hydrogens is 344 g/mol. The summed E-state index contributed by atoms with van der Waals surface area (Å²) in [5.74, 6) is 1.14. The Balaban J connectivity index is 1.86. The molecule has 0 fully saturated rings. The summed E-state index contributed by atoms with van der Waals surface area (Å²) >= 11 is 0. The van der Waals surface area contributed by atoms with Crippen LogP contribution in [0.15, 0.2) is 48.5 Å². The second-order valence-electron chi connectivity index (χ2n) is 6.16. The number of aliphatic hydroxyl groups excluding tert-OH is 1. The summed E-state index contributed by atoms with van der Waals surface area (Å²) in [6.45, 7) is 0.993. The van der Waals surface area contributed by atoms with Gasteiger partial charge in [0.2, 0.25) is 5.91 Å². The van der Waals surface area contributed by atoms with E-state index in [0.717, 1.165) is 12.0 Å². The molecule has 3 N–H and O–H groups in total. The van der Waals surface area contributed by atoms with Crippen LogP contribution >= 0.6 is 0 Å². The van der Waals surface area contributed by atoms with Crippen molar-refractivity contribution in [3.05, 3.63) is 59.7 Å². The highest BCUT2D eigenvalue weighted by atomic mass is 16.5. The Kier molecular flexibility index (Phi) is 8.61. The highest BCUT2D eigenvalue weighted by molar-refractivity contribution is 5.81. The highest BCUT2D eigenvalue weighted by Crippen LogP contribution is 2.27. The zero-order valence-electron chi connectivity index (χ0n) is 15.9. The first-order valence-corrected chi connectivity index (χ1v) is 9.04. The lowest BCUT2D eigenvalue weighted by molar-refractivity contribution is -0.123.